The number of rotatable bonds is 4. The van der Waals surface area contributed by atoms with E-state index >= 15 is 0 Å². The van der Waals surface area contributed by atoms with Crippen LogP contribution in [-0.4, -0.2) is 49.3 Å². The van der Waals surface area contributed by atoms with Crippen LogP contribution in [0, 0.1) is 0 Å². The summed E-state index contributed by atoms with van der Waals surface area (Å²) in [6.45, 7) is 10.5. The number of hydrogen-bond donors (Lipinski definition) is 1. The second-order valence-corrected chi connectivity index (χ2v) is 3.60. The quantitative estimate of drug-likeness (QED) is 0.809. The van der Waals surface area contributed by atoms with Crippen molar-refractivity contribution in [3.05, 3.63) is 0 Å². The molecule has 0 aromatic carbocycles. The summed E-state index contributed by atoms with van der Waals surface area (Å²) in [7, 11) is 2.11. The van der Waals surface area contributed by atoms with Crippen molar-refractivity contribution in [1.82, 2.24) is 4.90 Å². The molecule has 0 spiro atoms. The Morgan fingerprint density at radius 2 is 1.62 bits per heavy atom. The molecule has 98 valence electrons. The first kappa shape index (κ1) is 17.8. The summed E-state index contributed by atoms with van der Waals surface area (Å²) < 4.78 is 4.72. The van der Waals surface area contributed by atoms with Crippen molar-refractivity contribution in [2.45, 2.75) is 40.0 Å². The smallest absolute Gasteiger partial charge is 0.303 e. The third-order valence-corrected chi connectivity index (χ3v) is 2.12. The van der Waals surface area contributed by atoms with Crippen LogP contribution >= 0.6 is 0 Å². The lowest BCUT2D eigenvalue weighted by Crippen LogP contribution is -2.15. The molecule has 0 bridgehead atoms. The normalized spacial score (nSPS) is 12.8. The molecule has 4 nitrogen and oxygen atoms in total. The molecular formula is C12H27NO3. The van der Waals surface area contributed by atoms with E-state index in [0.29, 0.717) is 6.42 Å². The van der Waals surface area contributed by atoms with Crippen molar-refractivity contribution in [3.63, 3.8) is 0 Å². The SMILES string of the molecule is C1COC1.CCCC(=O)O.CCN(C)CC. The summed E-state index contributed by atoms with van der Waals surface area (Å²) in [6.07, 6.45) is 2.30. The van der Waals surface area contributed by atoms with Gasteiger partial charge < -0.3 is 14.7 Å². The Hall–Kier alpha value is -0.610. The predicted molar refractivity (Wildman–Crippen MR) is 66.8 cm³/mol. The van der Waals surface area contributed by atoms with E-state index < -0.39 is 5.97 Å². The molecule has 0 amide bonds. The maximum absolute atomic E-state index is 9.60. The highest BCUT2D eigenvalue weighted by Crippen LogP contribution is 1.93. The molecule has 0 aromatic heterocycles. The van der Waals surface area contributed by atoms with Crippen molar-refractivity contribution in [3.8, 4) is 0 Å². The van der Waals surface area contributed by atoms with Crippen molar-refractivity contribution in [2.75, 3.05) is 33.4 Å². The lowest BCUT2D eigenvalue weighted by Gasteiger charge is -2.09. The fourth-order valence-corrected chi connectivity index (χ4v) is 0.582. The largest absolute Gasteiger partial charge is 0.481 e. The van der Waals surface area contributed by atoms with Crippen LogP contribution in [0.4, 0.5) is 0 Å². The van der Waals surface area contributed by atoms with E-state index in [1.165, 1.54) is 6.42 Å². The van der Waals surface area contributed by atoms with E-state index in [4.69, 9.17) is 9.84 Å². The van der Waals surface area contributed by atoms with Gasteiger partial charge in [-0.25, -0.2) is 0 Å². The van der Waals surface area contributed by atoms with Crippen molar-refractivity contribution < 1.29 is 14.6 Å². The van der Waals surface area contributed by atoms with E-state index in [0.717, 1.165) is 32.7 Å². The number of carbonyl (C=O) groups is 1. The van der Waals surface area contributed by atoms with Crippen LogP contribution in [0.1, 0.15) is 40.0 Å². The molecule has 1 rings (SSSR count). The summed E-state index contributed by atoms with van der Waals surface area (Å²) in [5.74, 6) is -0.711. The Labute approximate surface area is 99.6 Å². The van der Waals surface area contributed by atoms with Crippen LogP contribution in [0.15, 0.2) is 0 Å². The first-order chi connectivity index (χ1) is 7.58. The number of aliphatic carboxylic acids is 1. The van der Waals surface area contributed by atoms with E-state index in [2.05, 4.69) is 25.8 Å². The monoisotopic (exact) mass is 233 g/mol. The van der Waals surface area contributed by atoms with Crippen molar-refractivity contribution in [2.24, 2.45) is 0 Å². The van der Waals surface area contributed by atoms with E-state index in [1.807, 2.05) is 6.92 Å². The Balaban J connectivity index is 0. The van der Waals surface area contributed by atoms with Gasteiger partial charge in [0.05, 0.1) is 0 Å². The molecule has 0 atom stereocenters. The minimum Gasteiger partial charge on any atom is -0.481 e. The second kappa shape index (κ2) is 14.4. The molecule has 16 heavy (non-hydrogen) atoms. The molecule has 1 fully saturated rings. The van der Waals surface area contributed by atoms with Crippen LogP contribution in [0.5, 0.6) is 0 Å². The van der Waals surface area contributed by atoms with E-state index in [-0.39, 0.29) is 0 Å². The van der Waals surface area contributed by atoms with Gasteiger partial charge in [-0.15, -0.1) is 0 Å². The highest BCUT2D eigenvalue weighted by atomic mass is 16.5. The molecule has 0 saturated carbocycles. The molecule has 0 radical (unpaired) electrons. The highest BCUT2D eigenvalue weighted by molar-refractivity contribution is 5.66. The van der Waals surface area contributed by atoms with Crippen LogP contribution in [0.2, 0.25) is 0 Å². The van der Waals surface area contributed by atoms with Gasteiger partial charge >= 0.3 is 5.97 Å². The molecule has 1 aliphatic heterocycles. The summed E-state index contributed by atoms with van der Waals surface area (Å²) in [6, 6.07) is 0. The standard InChI is InChI=1S/C5H13N.C4H8O2.C3H6O/c1-4-6(3)5-2;1-2-3-4(5)6;1-2-4-3-1/h4-5H2,1-3H3;2-3H2,1H3,(H,5,6);1-3H2. The van der Waals surface area contributed by atoms with Gasteiger partial charge in [0.15, 0.2) is 0 Å². The van der Waals surface area contributed by atoms with Crippen LogP contribution in [0.25, 0.3) is 0 Å². The van der Waals surface area contributed by atoms with Gasteiger partial charge in [-0.1, -0.05) is 20.8 Å². The van der Waals surface area contributed by atoms with Gasteiger partial charge in [-0.05, 0) is 33.0 Å². The van der Waals surface area contributed by atoms with Gasteiger partial charge in [0.25, 0.3) is 0 Å². The fraction of sp³-hybridized carbons (Fsp3) is 0.917. The molecule has 4 heteroatoms. The van der Waals surface area contributed by atoms with Crippen LogP contribution in [-0.2, 0) is 9.53 Å². The number of ether oxygens (including phenoxy) is 1. The molecule has 0 aliphatic carbocycles. The first-order valence-corrected chi connectivity index (χ1v) is 6.06. The molecule has 1 N–H and O–H groups in total. The Morgan fingerprint density at radius 1 is 1.25 bits per heavy atom. The van der Waals surface area contributed by atoms with Gasteiger partial charge in [0, 0.05) is 19.6 Å². The minimum absolute atomic E-state index is 0.292. The van der Waals surface area contributed by atoms with Crippen LogP contribution in [0.3, 0.4) is 0 Å². The topological polar surface area (TPSA) is 49.8 Å². The zero-order valence-corrected chi connectivity index (χ0v) is 11.2. The fourth-order valence-electron chi connectivity index (χ4n) is 0.582. The number of nitrogens with zero attached hydrogens (tertiary/aromatic N) is 1. The summed E-state index contributed by atoms with van der Waals surface area (Å²) in [5, 5.41) is 7.91. The summed E-state index contributed by atoms with van der Waals surface area (Å²) in [4.78, 5) is 11.8. The van der Waals surface area contributed by atoms with Gasteiger partial charge in [-0.2, -0.15) is 0 Å². The summed E-state index contributed by atoms with van der Waals surface area (Å²) in [5.41, 5.74) is 0. The zero-order valence-electron chi connectivity index (χ0n) is 11.2. The number of carboxylic acids is 1. The molecular weight excluding hydrogens is 206 g/mol. The van der Waals surface area contributed by atoms with Crippen molar-refractivity contribution in [1.29, 1.82) is 0 Å². The number of hydrogen-bond acceptors (Lipinski definition) is 3. The Bertz CT molecular complexity index is 139. The van der Waals surface area contributed by atoms with Gasteiger partial charge in [-0.3, -0.25) is 4.79 Å². The molecule has 1 heterocycles. The minimum atomic E-state index is -0.711. The second-order valence-electron chi connectivity index (χ2n) is 3.60. The van der Waals surface area contributed by atoms with Crippen LogP contribution < -0.4 is 0 Å². The Morgan fingerprint density at radius 3 is 1.62 bits per heavy atom. The average Bonchev–Trinajstić information content (AvgIpc) is 2.14. The average molecular weight is 233 g/mol. The van der Waals surface area contributed by atoms with E-state index in [1.54, 1.807) is 0 Å². The lowest BCUT2D eigenvalue weighted by atomic mass is 10.4. The lowest BCUT2D eigenvalue weighted by molar-refractivity contribution is -0.137. The predicted octanol–water partition coefficient (Wildman–Crippen LogP) is 2.24. The number of carboxylic acid groups (broad SMARTS) is 1. The zero-order chi connectivity index (χ0) is 12.8. The van der Waals surface area contributed by atoms with Gasteiger partial charge in [0.1, 0.15) is 0 Å². The third-order valence-electron chi connectivity index (χ3n) is 2.12. The van der Waals surface area contributed by atoms with E-state index in [9.17, 15) is 4.79 Å². The van der Waals surface area contributed by atoms with Gasteiger partial charge in [0.2, 0.25) is 0 Å². The highest BCUT2D eigenvalue weighted by Gasteiger charge is 1.94. The maximum Gasteiger partial charge on any atom is 0.303 e. The third kappa shape index (κ3) is 19.0. The molecule has 1 aliphatic rings. The first-order valence-electron chi connectivity index (χ1n) is 6.06. The van der Waals surface area contributed by atoms with Crippen molar-refractivity contribution >= 4 is 5.97 Å². The molecule has 0 unspecified atom stereocenters. The molecule has 0 aromatic rings. The summed E-state index contributed by atoms with van der Waals surface area (Å²) >= 11 is 0. The maximum atomic E-state index is 9.60. The molecule has 1 saturated heterocycles. The Kier molecular flexibility index (Phi) is 16.0.